The summed E-state index contributed by atoms with van der Waals surface area (Å²) in [6, 6.07) is 8.62. The van der Waals surface area contributed by atoms with Crippen LogP contribution in [-0.2, 0) is 0 Å². The van der Waals surface area contributed by atoms with Crippen molar-refractivity contribution in [3.63, 3.8) is 0 Å². The van der Waals surface area contributed by atoms with E-state index in [9.17, 15) is 4.79 Å². The highest BCUT2D eigenvalue weighted by atomic mass is 35.5. The Balaban J connectivity index is 2.21. The minimum atomic E-state index is -0.258. The number of rotatable bonds is 2. The SMILES string of the molecule is Cc1ccc(Cl)cc1C(=O)Nc1cc(C#CCN)ccn1. The maximum Gasteiger partial charge on any atom is 0.257 e. The van der Waals surface area contributed by atoms with Crippen LogP contribution in [0.5, 0.6) is 0 Å². The minimum absolute atomic E-state index is 0.258. The number of nitrogens with one attached hydrogen (secondary N) is 1. The van der Waals surface area contributed by atoms with Gasteiger partial charge in [-0.1, -0.05) is 29.5 Å². The van der Waals surface area contributed by atoms with E-state index in [0.29, 0.717) is 16.4 Å². The molecule has 1 aromatic heterocycles. The highest BCUT2D eigenvalue weighted by Gasteiger charge is 2.10. The van der Waals surface area contributed by atoms with Gasteiger partial charge in [-0.25, -0.2) is 4.98 Å². The number of carbonyl (C=O) groups is 1. The number of hydrogen-bond acceptors (Lipinski definition) is 3. The zero-order valence-corrected chi connectivity index (χ0v) is 12.2. The third-order valence-corrected chi connectivity index (χ3v) is 3.02. The first-order valence-corrected chi connectivity index (χ1v) is 6.70. The largest absolute Gasteiger partial charge is 0.320 e. The van der Waals surface area contributed by atoms with Crippen LogP contribution in [0.3, 0.4) is 0 Å². The molecular formula is C16H14ClN3O. The predicted octanol–water partition coefficient (Wildman–Crippen LogP) is 2.61. The van der Waals surface area contributed by atoms with Gasteiger partial charge in [0.1, 0.15) is 5.82 Å². The van der Waals surface area contributed by atoms with Gasteiger partial charge in [0.05, 0.1) is 6.54 Å². The lowest BCUT2D eigenvalue weighted by Crippen LogP contribution is -2.14. The van der Waals surface area contributed by atoms with E-state index in [0.717, 1.165) is 11.1 Å². The van der Waals surface area contributed by atoms with E-state index in [1.807, 2.05) is 6.92 Å². The van der Waals surface area contributed by atoms with Gasteiger partial charge >= 0.3 is 0 Å². The van der Waals surface area contributed by atoms with E-state index in [2.05, 4.69) is 22.1 Å². The number of benzene rings is 1. The number of amides is 1. The Morgan fingerprint density at radius 1 is 1.38 bits per heavy atom. The summed E-state index contributed by atoms with van der Waals surface area (Å²) >= 11 is 5.92. The molecule has 1 aromatic carbocycles. The molecular weight excluding hydrogens is 286 g/mol. The molecule has 0 fully saturated rings. The number of carbonyl (C=O) groups excluding carboxylic acids is 1. The van der Waals surface area contributed by atoms with Crippen molar-refractivity contribution in [3.05, 3.63) is 58.2 Å². The van der Waals surface area contributed by atoms with Gasteiger partial charge in [0, 0.05) is 22.3 Å². The van der Waals surface area contributed by atoms with Gasteiger partial charge in [-0.2, -0.15) is 0 Å². The summed E-state index contributed by atoms with van der Waals surface area (Å²) in [4.78, 5) is 16.3. The van der Waals surface area contributed by atoms with Crippen LogP contribution < -0.4 is 11.1 Å². The van der Waals surface area contributed by atoms with Crippen LogP contribution in [0.1, 0.15) is 21.5 Å². The number of aryl methyl sites for hydroxylation is 1. The van der Waals surface area contributed by atoms with Gasteiger partial charge in [0.2, 0.25) is 0 Å². The monoisotopic (exact) mass is 299 g/mol. The van der Waals surface area contributed by atoms with Gasteiger partial charge in [-0.05, 0) is 36.8 Å². The molecule has 0 aliphatic carbocycles. The lowest BCUT2D eigenvalue weighted by Gasteiger charge is -2.07. The van der Waals surface area contributed by atoms with Crippen molar-refractivity contribution in [1.29, 1.82) is 0 Å². The van der Waals surface area contributed by atoms with Gasteiger partial charge < -0.3 is 11.1 Å². The molecule has 0 bridgehead atoms. The highest BCUT2D eigenvalue weighted by Crippen LogP contribution is 2.17. The molecule has 0 unspecified atom stereocenters. The van der Waals surface area contributed by atoms with Crippen LogP contribution in [-0.4, -0.2) is 17.4 Å². The number of anilines is 1. The third kappa shape index (κ3) is 4.06. The van der Waals surface area contributed by atoms with Crippen molar-refractivity contribution in [2.45, 2.75) is 6.92 Å². The Morgan fingerprint density at radius 3 is 2.95 bits per heavy atom. The fraction of sp³-hybridized carbons (Fsp3) is 0.125. The van der Waals surface area contributed by atoms with Crippen LogP contribution in [0.4, 0.5) is 5.82 Å². The summed E-state index contributed by atoms with van der Waals surface area (Å²) in [5.41, 5.74) is 7.43. The zero-order valence-electron chi connectivity index (χ0n) is 11.5. The van der Waals surface area contributed by atoms with E-state index in [1.54, 1.807) is 36.5 Å². The van der Waals surface area contributed by atoms with Crippen molar-refractivity contribution in [2.24, 2.45) is 5.73 Å². The maximum atomic E-state index is 12.2. The molecule has 0 saturated carbocycles. The third-order valence-electron chi connectivity index (χ3n) is 2.78. The van der Waals surface area contributed by atoms with E-state index in [4.69, 9.17) is 17.3 Å². The molecule has 5 heteroatoms. The Bertz CT molecular complexity index is 732. The molecule has 2 rings (SSSR count). The first-order chi connectivity index (χ1) is 10.1. The van der Waals surface area contributed by atoms with Gasteiger partial charge in [-0.15, -0.1) is 0 Å². The molecule has 1 amide bonds. The number of hydrogen-bond donors (Lipinski definition) is 2. The topological polar surface area (TPSA) is 68.0 Å². The summed E-state index contributed by atoms with van der Waals surface area (Å²) in [5, 5.41) is 3.25. The summed E-state index contributed by atoms with van der Waals surface area (Å²) in [6.45, 7) is 2.13. The lowest BCUT2D eigenvalue weighted by atomic mass is 10.1. The molecule has 106 valence electrons. The number of pyridine rings is 1. The van der Waals surface area contributed by atoms with Gasteiger partial charge in [0.25, 0.3) is 5.91 Å². The van der Waals surface area contributed by atoms with E-state index >= 15 is 0 Å². The maximum absolute atomic E-state index is 12.2. The first-order valence-electron chi connectivity index (χ1n) is 6.32. The molecule has 0 radical (unpaired) electrons. The molecule has 21 heavy (non-hydrogen) atoms. The molecule has 0 aliphatic heterocycles. The van der Waals surface area contributed by atoms with Crippen LogP contribution in [0, 0.1) is 18.8 Å². The van der Waals surface area contributed by atoms with Crippen LogP contribution in [0.25, 0.3) is 0 Å². The zero-order chi connectivity index (χ0) is 15.2. The number of nitrogens with zero attached hydrogens (tertiary/aromatic N) is 1. The number of aromatic nitrogens is 1. The summed E-state index contributed by atoms with van der Waals surface area (Å²) in [6.07, 6.45) is 1.58. The van der Waals surface area contributed by atoms with E-state index in [1.165, 1.54) is 0 Å². The Hall–Kier alpha value is -2.35. The molecule has 3 N–H and O–H groups in total. The first kappa shape index (κ1) is 15.0. The van der Waals surface area contributed by atoms with Crippen molar-refractivity contribution >= 4 is 23.3 Å². The molecule has 0 spiro atoms. The molecule has 0 aliphatic rings. The highest BCUT2D eigenvalue weighted by molar-refractivity contribution is 6.31. The van der Waals surface area contributed by atoms with Crippen LogP contribution in [0.2, 0.25) is 5.02 Å². The fourth-order valence-electron chi connectivity index (χ4n) is 1.75. The summed E-state index contributed by atoms with van der Waals surface area (Å²) < 4.78 is 0. The van der Waals surface area contributed by atoms with Crippen molar-refractivity contribution in [1.82, 2.24) is 4.98 Å². The number of nitrogens with two attached hydrogens (primary N) is 1. The predicted molar refractivity (Wildman–Crippen MR) is 84.3 cm³/mol. The second kappa shape index (κ2) is 6.89. The van der Waals surface area contributed by atoms with Crippen molar-refractivity contribution < 1.29 is 4.79 Å². The second-order valence-corrected chi connectivity index (χ2v) is 4.79. The molecule has 4 nitrogen and oxygen atoms in total. The lowest BCUT2D eigenvalue weighted by molar-refractivity contribution is 0.102. The fourth-order valence-corrected chi connectivity index (χ4v) is 1.92. The molecule has 1 heterocycles. The molecule has 0 atom stereocenters. The average molecular weight is 300 g/mol. The Labute approximate surface area is 128 Å². The summed E-state index contributed by atoms with van der Waals surface area (Å²) in [5.74, 6) is 5.82. The van der Waals surface area contributed by atoms with Gasteiger partial charge in [-0.3, -0.25) is 4.79 Å². The standard InChI is InChI=1S/C16H14ClN3O/c1-11-4-5-13(17)10-14(11)16(21)20-15-9-12(3-2-7-18)6-8-19-15/h4-6,8-10H,7,18H2,1H3,(H,19,20,21). The smallest absolute Gasteiger partial charge is 0.257 e. The van der Waals surface area contributed by atoms with Crippen molar-refractivity contribution in [3.8, 4) is 11.8 Å². The molecule has 0 saturated heterocycles. The Morgan fingerprint density at radius 2 is 2.19 bits per heavy atom. The summed E-state index contributed by atoms with van der Waals surface area (Å²) in [7, 11) is 0. The quantitative estimate of drug-likeness (QED) is 0.838. The Kier molecular flexibility index (Phi) is 4.94. The average Bonchev–Trinajstić information content (AvgIpc) is 2.48. The minimum Gasteiger partial charge on any atom is -0.320 e. The van der Waals surface area contributed by atoms with Crippen molar-refractivity contribution in [2.75, 3.05) is 11.9 Å². The van der Waals surface area contributed by atoms with E-state index < -0.39 is 0 Å². The normalized spacial score (nSPS) is 9.67. The van der Waals surface area contributed by atoms with Gasteiger partial charge in [0.15, 0.2) is 0 Å². The van der Waals surface area contributed by atoms with Crippen LogP contribution in [0.15, 0.2) is 36.5 Å². The van der Waals surface area contributed by atoms with E-state index in [-0.39, 0.29) is 12.5 Å². The second-order valence-electron chi connectivity index (χ2n) is 4.35. The van der Waals surface area contributed by atoms with Crippen LogP contribution >= 0.6 is 11.6 Å². The molecule has 2 aromatic rings. The number of halogens is 1.